The van der Waals surface area contributed by atoms with Crippen LogP contribution in [0.25, 0.3) is 5.82 Å². The molecule has 0 saturated heterocycles. The molecule has 2 aromatic heterocycles. The van der Waals surface area contributed by atoms with Crippen LogP contribution in [0.3, 0.4) is 0 Å². The van der Waals surface area contributed by atoms with E-state index in [0.29, 0.717) is 19.6 Å². The summed E-state index contributed by atoms with van der Waals surface area (Å²) >= 11 is 0. The molecule has 3 N–H and O–H groups in total. The van der Waals surface area contributed by atoms with E-state index in [1.165, 1.54) is 0 Å². The first-order chi connectivity index (χ1) is 12.3. The van der Waals surface area contributed by atoms with Crippen LogP contribution in [0.4, 0.5) is 0 Å². The summed E-state index contributed by atoms with van der Waals surface area (Å²) in [5.41, 5.74) is 6.01. The average Bonchev–Trinajstić information content (AvgIpc) is 3.05. The van der Waals surface area contributed by atoms with Gasteiger partial charge >= 0.3 is 0 Å². The van der Waals surface area contributed by atoms with Crippen LogP contribution in [0, 0.1) is 12.3 Å². The van der Waals surface area contributed by atoms with Crippen molar-refractivity contribution in [1.29, 1.82) is 0 Å². The van der Waals surface area contributed by atoms with Gasteiger partial charge in [-0.1, -0.05) is 19.9 Å². The Morgan fingerprint density at radius 1 is 1.42 bits per heavy atom. The molecule has 0 radical (unpaired) electrons. The number of imidazole rings is 1. The number of amides is 1. The van der Waals surface area contributed by atoms with Crippen molar-refractivity contribution in [2.24, 2.45) is 11.1 Å². The molecular formula is C19H27N5O2. The van der Waals surface area contributed by atoms with Gasteiger partial charge in [-0.15, -0.1) is 0 Å². The van der Waals surface area contributed by atoms with Gasteiger partial charge in [-0.25, -0.2) is 9.97 Å². The zero-order valence-electron chi connectivity index (χ0n) is 15.8. The van der Waals surface area contributed by atoms with Gasteiger partial charge in [0.15, 0.2) is 0 Å². The number of ether oxygens (including phenoxy) is 1. The monoisotopic (exact) mass is 357 g/mol. The quantitative estimate of drug-likeness (QED) is 0.821. The molecule has 140 valence electrons. The molecule has 2 heterocycles. The third kappa shape index (κ3) is 3.01. The van der Waals surface area contributed by atoms with E-state index in [4.69, 9.17) is 10.5 Å². The highest BCUT2D eigenvalue weighted by molar-refractivity contribution is 5.88. The van der Waals surface area contributed by atoms with Crippen LogP contribution in [-0.2, 0) is 16.1 Å². The summed E-state index contributed by atoms with van der Waals surface area (Å²) < 4.78 is 7.59. The summed E-state index contributed by atoms with van der Waals surface area (Å²) in [6.07, 6.45) is 5.92. The van der Waals surface area contributed by atoms with Crippen LogP contribution in [-0.4, -0.2) is 38.7 Å². The molecule has 7 nitrogen and oxygen atoms in total. The van der Waals surface area contributed by atoms with E-state index in [2.05, 4.69) is 15.3 Å². The zero-order chi connectivity index (χ0) is 18.9. The van der Waals surface area contributed by atoms with Crippen LogP contribution in [0.1, 0.15) is 38.6 Å². The van der Waals surface area contributed by atoms with Crippen molar-refractivity contribution < 1.29 is 9.53 Å². The summed E-state index contributed by atoms with van der Waals surface area (Å²) in [6, 6.07) is 3.85. The molecule has 1 aliphatic rings. The van der Waals surface area contributed by atoms with E-state index in [9.17, 15) is 4.79 Å². The first-order valence-corrected chi connectivity index (χ1v) is 8.93. The lowest BCUT2D eigenvalue weighted by Gasteiger charge is -2.57. The molecule has 2 atom stereocenters. The van der Waals surface area contributed by atoms with Crippen LogP contribution in [0.15, 0.2) is 30.7 Å². The number of pyridine rings is 1. The number of aryl methyl sites for hydroxylation is 1. The van der Waals surface area contributed by atoms with Crippen LogP contribution >= 0.6 is 0 Å². The maximum Gasteiger partial charge on any atom is 0.241 e. The minimum absolute atomic E-state index is 0.0163. The highest BCUT2D eigenvalue weighted by Crippen LogP contribution is 2.49. The topological polar surface area (TPSA) is 95.1 Å². The predicted molar refractivity (Wildman–Crippen MR) is 98.7 cm³/mol. The summed E-state index contributed by atoms with van der Waals surface area (Å²) in [4.78, 5) is 21.3. The Kier molecular flexibility index (Phi) is 4.86. The van der Waals surface area contributed by atoms with E-state index in [-0.39, 0.29) is 12.0 Å². The Morgan fingerprint density at radius 2 is 2.19 bits per heavy atom. The maximum absolute atomic E-state index is 12.7. The van der Waals surface area contributed by atoms with Crippen molar-refractivity contribution >= 4 is 5.91 Å². The molecule has 7 heteroatoms. The number of nitrogens with two attached hydrogens (primary N) is 1. The molecule has 26 heavy (non-hydrogen) atoms. The fourth-order valence-electron chi connectivity index (χ4n) is 3.44. The predicted octanol–water partition coefficient (Wildman–Crippen LogP) is 1.72. The molecule has 1 saturated carbocycles. The minimum atomic E-state index is -0.909. The molecule has 1 fully saturated rings. The Labute approximate surface area is 154 Å². The largest absolute Gasteiger partial charge is 0.378 e. The fraction of sp³-hybridized carbons (Fsp3) is 0.526. The van der Waals surface area contributed by atoms with Crippen LogP contribution in [0.5, 0.6) is 0 Å². The van der Waals surface area contributed by atoms with Crippen molar-refractivity contribution in [2.75, 3.05) is 6.61 Å². The molecule has 0 aromatic carbocycles. The van der Waals surface area contributed by atoms with Gasteiger partial charge in [-0.2, -0.15) is 0 Å². The van der Waals surface area contributed by atoms with Crippen LogP contribution < -0.4 is 11.1 Å². The van der Waals surface area contributed by atoms with Crippen molar-refractivity contribution in [2.45, 2.75) is 52.3 Å². The fourth-order valence-corrected chi connectivity index (χ4v) is 3.44. The second kappa shape index (κ2) is 6.81. The van der Waals surface area contributed by atoms with Gasteiger partial charge in [-0.05, 0) is 25.5 Å². The third-order valence-electron chi connectivity index (χ3n) is 5.57. The van der Waals surface area contributed by atoms with E-state index in [1.807, 2.05) is 50.6 Å². The molecule has 0 spiro atoms. The lowest BCUT2D eigenvalue weighted by molar-refractivity contribution is -0.170. The molecule has 3 rings (SSSR count). The number of nitrogens with one attached hydrogen (secondary N) is 1. The molecule has 2 aromatic rings. The number of hydrogen-bond donors (Lipinski definition) is 2. The number of carbonyl (C=O) groups excluding carboxylic acids is 1. The Morgan fingerprint density at radius 3 is 2.73 bits per heavy atom. The smallest absolute Gasteiger partial charge is 0.241 e. The molecule has 2 unspecified atom stereocenters. The Bertz CT molecular complexity index is 783. The number of rotatable bonds is 6. The van der Waals surface area contributed by atoms with Gasteiger partial charge in [0.05, 0.1) is 6.10 Å². The van der Waals surface area contributed by atoms with Crippen molar-refractivity contribution in [3.8, 4) is 5.82 Å². The van der Waals surface area contributed by atoms with Crippen molar-refractivity contribution in [3.05, 3.63) is 42.1 Å². The third-order valence-corrected chi connectivity index (χ3v) is 5.57. The van der Waals surface area contributed by atoms with Gasteiger partial charge in [-0.3, -0.25) is 9.36 Å². The van der Waals surface area contributed by atoms with Crippen LogP contribution in [0.2, 0.25) is 0 Å². The Balaban J connectivity index is 1.61. The van der Waals surface area contributed by atoms with E-state index in [1.54, 1.807) is 12.4 Å². The summed E-state index contributed by atoms with van der Waals surface area (Å²) in [5.74, 6) is 1.53. The van der Waals surface area contributed by atoms with Gasteiger partial charge < -0.3 is 15.8 Å². The summed E-state index contributed by atoms with van der Waals surface area (Å²) in [6.45, 7) is 8.87. The molecular weight excluding hydrogens is 330 g/mol. The number of aromatic nitrogens is 3. The second-order valence-corrected chi connectivity index (χ2v) is 7.39. The zero-order valence-corrected chi connectivity index (χ0v) is 15.8. The van der Waals surface area contributed by atoms with Crippen molar-refractivity contribution in [1.82, 2.24) is 19.9 Å². The van der Waals surface area contributed by atoms with E-state index < -0.39 is 11.0 Å². The highest BCUT2D eigenvalue weighted by Gasteiger charge is 2.62. The van der Waals surface area contributed by atoms with Gasteiger partial charge in [0.1, 0.15) is 17.2 Å². The SMILES string of the molecule is CCOC1CC(N)(C(=O)NCc2ccc(-n3ccnc3C)nc2)C1(C)C. The highest BCUT2D eigenvalue weighted by atomic mass is 16.5. The van der Waals surface area contributed by atoms with E-state index >= 15 is 0 Å². The molecule has 0 bridgehead atoms. The number of nitrogens with zero attached hydrogens (tertiary/aromatic N) is 3. The number of hydrogen-bond acceptors (Lipinski definition) is 5. The first kappa shape index (κ1) is 18.5. The van der Waals surface area contributed by atoms with Gasteiger partial charge in [0, 0.05) is 43.6 Å². The van der Waals surface area contributed by atoms with Crippen molar-refractivity contribution in [3.63, 3.8) is 0 Å². The minimum Gasteiger partial charge on any atom is -0.378 e. The number of carbonyl (C=O) groups is 1. The summed E-state index contributed by atoms with van der Waals surface area (Å²) in [5, 5.41) is 2.95. The molecule has 1 aliphatic carbocycles. The molecule has 0 aliphatic heterocycles. The van der Waals surface area contributed by atoms with Gasteiger partial charge in [0.2, 0.25) is 5.91 Å². The average molecular weight is 357 g/mol. The maximum atomic E-state index is 12.7. The first-order valence-electron chi connectivity index (χ1n) is 8.93. The van der Waals surface area contributed by atoms with Gasteiger partial charge in [0.25, 0.3) is 0 Å². The normalized spacial score (nSPS) is 24.1. The molecule has 1 amide bonds. The standard InChI is InChI=1S/C19H27N5O2/c1-5-26-15-10-19(20,18(15,3)4)17(25)23-12-14-6-7-16(22-11-14)24-9-8-21-13(24)2/h6-9,11,15H,5,10,12,20H2,1-4H3,(H,23,25). The lowest BCUT2D eigenvalue weighted by Crippen LogP contribution is -2.75. The second-order valence-electron chi connectivity index (χ2n) is 7.39. The Hall–Kier alpha value is -2.25. The summed E-state index contributed by atoms with van der Waals surface area (Å²) in [7, 11) is 0. The van der Waals surface area contributed by atoms with E-state index in [0.717, 1.165) is 17.2 Å². The lowest BCUT2D eigenvalue weighted by atomic mass is 9.54.